The Hall–Kier alpha value is -2.00. The highest BCUT2D eigenvalue weighted by Gasteiger charge is 2.84. The fourth-order valence-corrected chi connectivity index (χ4v) is 6.32. The van der Waals surface area contributed by atoms with Crippen LogP contribution in [-0.4, -0.2) is 15.9 Å². The van der Waals surface area contributed by atoms with Gasteiger partial charge in [-0.2, -0.15) is 0 Å². The monoisotopic (exact) mass is 392 g/mol. The maximum atomic E-state index is 13.1. The summed E-state index contributed by atoms with van der Waals surface area (Å²) < 4.78 is -0.854. The predicted molar refractivity (Wildman–Crippen MR) is 100.0 cm³/mol. The molecule has 2 aromatic rings. The standard InChI is InChI=1S/C22H17BrO2/c1-13-12-18(24)22(23)20(19(13)25)21(22)16-8-4-2-6-14(16)10-11-15-7-3-5-9-17(15)21/h2-9,12,20H,10-11H2,1H3. The Morgan fingerprint density at radius 2 is 1.44 bits per heavy atom. The molecule has 1 saturated carbocycles. The van der Waals surface area contributed by atoms with Crippen LogP contribution in [0.4, 0.5) is 0 Å². The maximum Gasteiger partial charge on any atom is 0.174 e. The molecule has 0 aliphatic heterocycles. The number of benzene rings is 2. The number of halogens is 1. The molecule has 1 fully saturated rings. The van der Waals surface area contributed by atoms with E-state index < -0.39 is 9.74 Å². The third-order valence-corrected chi connectivity index (χ3v) is 7.70. The Kier molecular flexibility index (Phi) is 2.93. The minimum absolute atomic E-state index is 0.0149. The number of alkyl halides is 1. The molecule has 2 nitrogen and oxygen atoms in total. The van der Waals surface area contributed by atoms with E-state index in [1.165, 1.54) is 17.2 Å². The van der Waals surface area contributed by atoms with Crippen LogP contribution in [0, 0.1) is 5.92 Å². The summed E-state index contributed by atoms with van der Waals surface area (Å²) in [4.78, 5) is 26.1. The van der Waals surface area contributed by atoms with Gasteiger partial charge in [-0.3, -0.25) is 9.59 Å². The molecule has 5 rings (SSSR count). The van der Waals surface area contributed by atoms with Crippen molar-refractivity contribution in [3.63, 3.8) is 0 Å². The summed E-state index contributed by atoms with van der Waals surface area (Å²) in [5, 5.41) is 0. The number of Topliss-reactive ketones (excluding diaryl/α,β-unsaturated/α-hetero) is 1. The molecule has 0 heterocycles. The molecular formula is C22H17BrO2. The Morgan fingerprint density at radius 3 is 2.00 bits per heavy atom. The van der Waals surface area contributed by atoms with Crippen molar-refractivity contribution in [3.05, 3.63) is 82.4 Å². The molecule has 1 spiro atoms. The Balaban J connectivity index is 1.89. The van der Waals surface area contributed by atoms with Gasteiger partial charge in [-0.1, -0.05) is 64.5 Å². The normalized spacial score (nSPS) is 28.6. The van der Waals surface area contributed by atoms with Gasteiger partial charge < -0.3 is 0 Å². The third-order valence-electron chi connectivity index (χ3n) is 6.23. The molecule has 2 unspecified atom stereocenters. The SMILES string of the molecule is CC1=CC(=O)C2(Br)C(C1=O)C21c2ccccc2CCc2ccccc21. The van der Waals surface area contributed by atoms with Gasteiger partial charge in [0.1, 0.15) is 4.32 Å². The zero-order chi connectivity index (χ0) is 17.4. The van der Waals surface area contributed by atoms with E-state index >= 15 is 0 Å². The lowest BCUT2D eigenvalue weighted by Crippen LogP contribution is -2.29. The second-order valence-corrected chi connectivity index (χ2v) is 8.57. The van der Waals surface area contributed by atoms with Crippen LogP contribution in [-0.2, 0) is 27.8 Å². The minimum Gasteiger partial charge on any atom is -0.294 e. The van der Waals surface area contributed by atoms with Gasteiger partial charge in [-0.05, 0) is 53.7 Å². The smallest absolute Gasteiger partial charge is 0.174 e. The molecule has 0 bridgehead atoms. The first-order valence-electron chi connectivity index (χ1n) is 8.65. The fraction of sp³-hybridized carbons (Fsp3) is 0.273. The summed E-state index contributed by atoms with van der Waals surface area (Å²) in [5.74, 6) is -0.262. The van der Waals surface area contributed by atoms with Crippen molar-refractivity contribution in [3.8, 4) is 0 Å². The van der Waals surface area contributed by atoms with Gasteiger partial charge in [-0.15, -0.1) is 0 Å². The van der Waals surface area contributed by atoms with Crippen molar-refractivity contribution in [2.75, 3.05) is 0 Å². The van der Waals surface area contributed by atoms with Gasteiger partial charge in [0.25, 0.3) is 0 Å². The number of aryl methyl sites for hydroxylation is 2. The van der Waals surface area contributed by atoms with Crippen LogP contribution in [0.2, 0.25) is 0 Å². The van der Waals surface area contributed by atoms with Crippen molar-refractivity contribution in [1.29, 1.82) is 0 Å². The van der Waals surface area contributed by atoms with Crippen molar-refractivity contribution < 1.29 is 9.59 Å². The lowest BCUT2D eigenvalue weighted by atomic mass is 9.81. The van der Waals surface area contributed by atoms with E-state index in [1.807, 2.05) is 24.3 Å². The third kappa shape index (κ3) is 1.61. The van der Waals surface area contributed by atoms with Crippen molar-refractivity contribution in [1.82, 2.24) is 0 Å². The summed E-state index contributed by atoms with van der Waals surface area (Å²) in [6.45, 7) is 1.76. The summed E-state index contributed by atoms with van der Waals surface area (Å²) in [5.41, 5.74) is 4.72. The van der Waals surface area contributed by atoms with Crippen LogP contribution in [0.1, 0.15) is 29.2 Å². The summed E-state index contributed by atoms with van der Waals surface area (Å²) in [6.07, 6.45) is 3.39. The number of hydrogen-bond acceptors (Lipinski definition) is 2. The molecule has 0 N–H and O–H groups in total. The first-order chi connectivity index (χ1) is 12.0. The van der Waals surface area contributed by atoms with Gasteiger partial charge >= 0.3 is 0 Å². The largest absolute Gasteiger partial charge is 0.294 e. The lowest BCUT2D eigenvalue weighted by Gasteiger charge is -2.23. The zero-order valence-corrected chi connectivity index (χ0v) is 15.5. The second-order valence-electron chi connectivity index (χ2n) is 7.32. The highest BCUT2D eigenvalue weighted by molar-refractivity contribution is 9.10. The molecule has 3 aliphatic rings. The summed E-state index contributed by atoms with van der Waals surface area (Å²) in [6, 6.07) is 16.6. The van der Waals surface area contributed by atoms with E-state index in [0.29, 0.717) is 5.57 Å². The van der Waals surface area contributed by atoms with Crippen LogP contribution in [0.25, 0.3) is 0 Å². The molecule has 3 aliphatic carbocycles. The number of fused-ring (bicyclic) bond motifs is 7. The van der Waals surface area contributed by atoms with Crippen LogP contribution < -0.4 is 0 Å². The maximum absolute atomic E-state index is 13.1. The first kappa shape index (κ1) is 15.3. The van der Waals surface area contributed by atoms with Gasteiger partial charge in [-0.25, -0.2) is 0 Å². The molecule has 2 atom stereocenters. The predicted octanol–water partition coefficient (Wildman–Crippen LogP) is 3.93. The quantitative estimate of drug-likeness (QED) is 0.636. The lowest BCUT2D eigenvalue weighted by molar-refractivity contribution is -0.121. The molecule has 0 saturated heterocycles. The Labute approximate surface area is 155 Å². The topological polar surface area (TPSA) is 34.1 Å². The number of carbonyl (C=O) groups excluding carboxylic acids is 2. The van der Waals surface area contributed by atoms with Crippen LogP contribution >= 0.6 is 15.9 Å². The van der Waals surface area contributed by atoms with Gasteiger partial charge in [0.05, 0.1) is 11.3 Å². The summed E-state index contributed by atoms with van der Waals surface area (Å²) in [7, 11) is 0. The average Bonchev–Trinajstić information content (AvgIpc) is 3.25. The molecule has 0 aromatic heterocycles. The first-order valence-corrected chi connectivity index (χ1v) is 9.45. The van der Waals surface area contributed by atoms with E-state index in [0.717, 1.165) is 24.0 Å². The fourth-order valence-electron chi connectivity index (χ4n) is 5.12. The molecule has 3 heteroatoms. The zero-order valence-electron chi connectivity index (χ0n) is 13.9. The second kappa shape index (κ2) is 4.79. The molecular weight excluding hydrogens is 376 g/mol. The number of rotatable bonds is 0. The highest BCUT2D eigenvalue weighted by atomic mass is 79.9. The average molecular weight is 393 g/mol. The van der Waals surface area contributed by atoms with E-state index in [-0.39, 0.29) is 17.5 Å². The van der Waals surface area contributed by atoms with E-state index in [4.69, 9.17) is 0 Å². The minimum atomic E-state index is -0.854. The molecule has 2 aromatic carbocycles. The van der Waals surface area contributed by atoms with Crippen molar-refractivity contribution in [2.45, 2.75) is 29.5 Å². The number of hydrogen-bond donors (Lipinski definition) is 0. The van der Waals surface area contributed by atoms with Crippen molar-refractivity contribution >= 4 is 27.5 Å². The van der Waals surface area contributed by atoms with Gasteiger partial charge in [0.2, 0.25) is 0 Å². The molecule has 0 amide bonds. The van der Waals surface area contributed by atoms with Crippen LogP contribution in [0.15, 0.2) is 60.2 Å². The van der Waals surface area contributed by atoms with Crippen molar-refractivity contribution in [2.24, 2.45) is 5.92 Å². The van der Waals surface area contributed by atoms with E-state index in [2.05, 4.69) is 40.2 Å². The molecule has 0 radical (unpaired) electrons. The summed E-state index contributed by atoms with van der Waals surface area (Å²) >= 11 is 3.78. The Bertz CT molecular complexity index is 940. The number of allylic oxidation sites excluding steroid dienone is 2. The van der Waals surface area contributed by atoms with E-state index in [9.17, 15) is 9.59 Å². The highest BCUT2D eigenvalue weighted by Crippen LogP contribution is 2.75. The van der Waals surface area contributed by atoms with Gasteiger partial charge in [0.15, 0.2) is 11.6 Å². The number of carbonyl (C=O) groups is 2. The molecule has 124 valence electrons. The van der Waals surface area contributed by atoms with Gasteiger partial charge in [0, 0.05) is 0 Å². The van der Waals surface area contributed by atoms with E-state index in [1.54, 1.807) is 6.92 Å². The number of ketones is 2. The van der Waals surface area contributed by atoms with Crippen LogP contribution in [0.5, 0.6) is 0 Å². The molecule has 25 heavy (non-hydrogen) atoms. The van der Waals surface area contributed by atoms with Crippen LogP contribution in [0.3, 0.4) is 0 Å². The Morgan fingerprint density at radius 1 is 0.920 bits per heavy atom.